The van der Waals surface area contributed by atoms with E-state index in [1.807, 2.05) is 31.3 Å². The lowest BCUT2D eigenvalue weighted by Crippen LogP contribution is -2.37. The van der Waals surface area contributed by atoms with Crippen LogP contribution in [0.15, 0.2) is 36.5 Å². The molecular weight excluding hydrogens is 264 g/mol. The average molecular weight is 284 g/mol. The third-order valence-electron chi connectivity index (χ3n) is 4.08. The molecular formula is C17H20N2O2. The minimum atomic E-state index is -0.0447. The van der Waals surface area contributed by atoms with E-state index in [-0.39, 0.29) is 11.9 Å². The first-order valence-electron chi connectivity index (χ1n) is 7.55. The van der Waals surface area contributed by atoms with Crippen molar-refractivity contribution in [3.8, 4) is 0 Å². The number of hydrogen-bond acceptors (Lipinski definition) is 4. The van der Waals surface area contributed by atoms with Gasteiger partial charge in [-0.3, -0.25) is 9.78 Å². The summed E-state index contributed by atoms with van der Waals surface area (Å²) in [5.41, 5.74) is 2.23. The molecule has 0 spiro atoms. The van der Waals surface area contributed by atoms with Gasteiger partial charge in [-0.15, -0.1) is 0 Å². The molecule has 1 saturated heterocycles. The van der Waals surface area contributed by atoms with Crippen molar-refractivity contribution in [1.82, 2.24) is 4.98 Å². The van der Waals surface area contributed by atoms with E-state index in [0.29, 0.717) is 6.61 Å². The Morgan fingerprint density at radius 2 is 2.05 bits per heavy atom. The van der Waals surface area contributed by atoms with Crippen LogP contribution in [0, 0.1) is 5.92 Å². The Morgan fingerprint density at radius 1 is 1.29 bits per heavy atom. The smallest absolute Gasteiger partial charge is 0.309 e. The second-order valence-electron chi connectivity index (χ2n) is 5.36. The molecule has 0 N–H and O–H groups in total. The first kappa shape index (κ1) is 13.9. The third-order valence-corrected chi connectivity index (χ3v) is 4.08. The number of benzene rings is 1. The van der Waals surface area contributed by atoms with Crippen LogP contribution in [0.25, 0.3) is 10.9 Å². The largest absolute Gasteiger partial charge is 0.466 e. The Bertz CT molecular complexity index is 628. The zero-order valence-corrected chi connectivity index (χ0v) is 12.3. The molecule has 0 atom stereocenters. The number of nitrogens with zero attached hydrogens (tertiary/aromatic N) is 2. The van der Waals surface area contributed by atoms with Gasteiger partial charge in [0, 0.05) is 30.4 Å². The van der Waals surface area contributed by atoms with Crippen LogP contribution in [-0.2, 0) is 9.53 Å². The van der Waals surface area contributed by atoms with Crippen LogP contribution in [0.3, 0.4) is 0 Å². The maximum Gasteiger partial charge on any atom is 0.309 e. The normalized spacial score (nSPS) is 16.1. The quantitative estimate of drug-likeness (QED) is 0.813. The SMILES string of the molecule is CCOC(=O)C1CCN(c2ccnc3ccccc23)CC1. The summed E-state index contributed by atoms with van der Waals surface area (Å²) in [5, 5.41) is 1.18. The van der Waals surface area contributed by atoms with Crippen molar-refractivity contribution in [2.24, 2.45) is 5.92 Å². The summed E-state index contributed by atoms with van der Waals surface area (Å²) in [6.07, 6.45) is 3.57. The number of para-hydroxylation sites is 1. The van der Waals surface area contributed by atoms with E-state index in [4.69, 9.17) is 4.74 Å². The molecule has 1 aliphatic heterocycles. The molecule has 0 saturated carbocycles. The summed E-state index contributed by atoms with van der Waals surface area (Å²) in [4.78, 5) is 18.6. The number of pyridine rings is 1. The summed E-state index contributed by atoms with van der Waals surface area (Å²) in [6.45, 7) is 4.10. The predicted octanol–water partition coefficient (Wildman–Crippen LogP) is 3.01. The van der Waals surface area contributed by atoms with E-state index in [9.17, 15) is 4.79 Å². The van der Waals surface area contributed by atoms with Crippen molar-refractivity contribution in [3.63, 3.8) is 0 Å². The first-order valence-corrected chi connectivity index (χ1v) is 7.55. The molecule has 0 bridgehead atoms. The van der Waals surface area contributed by atoms with Crippen molar-refractivity contribution in [2.45, 2.75) is 19.8 Å². The molecule has 1 fully saturated rings. The van der Waals surface area contributed by atoms with Gasteiger partial charge in [-0.25, -0.2) is 0 Å². The van der Waals surface area contributed by atoms with Crippen molar-refractivity contribution < 1.29 is 9.53 Å². The fraction of sp³-hybridized carbons (Fsp3) is 0.412. The Morgan fingerprint density at radius 3 is 2.81 bits per heavy atom. The number of piperidine rings is 1. The van der Waals surface area contributed by atoms with Crippen LogP contribution in [0.1, 0.15) is 19.8 Å². The van der Waals surface area contributed by atoms with Crippen molar-refractivity contribution in [2.75, 3.05) is 24.6 Å². The lowest BCUT2D eigenvalue weighted by molar-refractivity contribution is -0.148. The van der Waals surface area contributed by atoms with Crippen LogP contribution in [-0.4, -0.2) is 30.6 Å². The van der Waals surface area contributed by atoms with E-state index >= 15 is 0 Å². The van der Waals surface area contributed by atoms with E-state index in [1.165, 1.54) is 11.1 Å². The monoisotopic (exact) mass is 284 g/mol. The molecule has 0 unspecified atom stereocenters. The van der Waals surface area contributed by atoms with Gasteiger partial charge in [0.1, 0.15) is 0 Å². The molecule has 4 nitrogen and oxygen atoms in total. The minimum Gasteiger partial charge on any atom is -0.466 e. The highest BCUT2D eigenvalue weighted by molar-refractivity contribution is 5.91. The standard InChI is InChI=1S/C17H20N2O2/c1-2-21-17(20)13-8-11-19(12-9-13)16-7-10-18-15-6-4-3-5-14(15)16/h3-7,10,13H,2,8-9,11-12H2,1H3. The average Bonchev–Trinajstić information content (AvgIpc) is 2.55. The topological polar surface area (TPSA) is 42.4 Å². The summed E-state index contributed by atoms with van der Waals surface area (Å²) < 4.78 is 5.13. The second-order valence-corrected chi connectivity index (χ2v) is 5.36. The van der Waals surface area contributed by atoms with Gasteiger partial charge in [-0.2, -0.15) is 0 Å². The molecule has 21 heavy (non-hydrogen) atoms. The molecule has 2 aromatic rings. The number of hydrogen-bond donors (Lipinski definition) is 0. The first-order chi connectivity index (χ1) is 10.3. The van der Waals surface area contributed by atoms with Gasteiger partial charge in [0.2, 0.25) is 0 Å². The molecule has 110 valence electrons. The number of carbonyl (C=O) groups is 1. The number of anilines is 1. The van der Waals surface area contributed by atoms with Gasteiger partial charge in [0.15, 0.2) is 0 Å². The van der Waals surface area contributed by atoms with Crippen LogP contribution in [0.4, 0.5) is 5.69 Å². The van der Waals surface area contributed by atoms with E-state index in [0.717, 1.165) is 31.4 Å². The molecule has 2 heterocycles. The lowest BCUT2D eigenvalue weighted by Gasteiger charge is -2.33. The number of ether oxygens (including phenoxy) is 1. The van der Waals surface area contributed by atoms with Crippen molar-refractivity contribution >= 4 is 22.6 Å². The second kappa shape index (κ2) is 6.12. The summed E-state index contributed by atoms with van der Waals surface area (Å²) >= 11 is 0. The maximum atomic E-state index is 11.8. The number of carbonyl (C=O) groups excluding carboxylic acids is 1. The molecule has 3 rings (SSSR count). The van der Waals surface area contributed by atoms with E-state index < -0.39 is 0 Å². The Labute approximate surface area is 124 Å². The number of fused-ring (bicyclic) bond motifs is 1. The number of aromatic nitrogens is 1. The van der Waals surface area contributed by atoms with Crippen LogP contribution >= 0.6 is 0 Å². The highest BCUT2D eigenvalue weighted by Gasteiger charge is 2.26. The molecule has 1 aromatic heterocycles. The lowest BCUT2D eigenvalue weighted by atomic mass is 9.96. The Balaban J connectivity index is 1.76. The summed E-state index contributed by atoms with van der Waals surface area (Å²) in [5.74, 6) is 0.00559. The molecule has 0 amide bonds. The van der Waals surface area contributed by atoms with Crippen molar-refractivity contribution in [3.05, 3.63) is 36.5 Å². The highest BCUT2D eigenvalue weighted by atomic mass is 16.5. The zero-order chi connectivity index (χ0) is 14.7. The van der Waals surface area contributed by atoms with Crippen LogP contribution in [0.2, 0.25) is 0 Å². The predicted molar refractivity (Wildman–Crippen MR) is 83.3 cm³/mol. The highest BCUT2D eigenvalue weighted by Crippen LogP contribution is 2.29. The maximum absolute atomic E-state index is 11.8. The van der Waals surface area contributed by atoms with Gasteiger partial charge in [0.25, 0.3) is 0 Å². The van der Waals surface area contributed by atoms with E-state index in [1.54, 1.807) is 0 Å². The molecule has 4 heteroatoms. The van der Waals surface area contributed by atoms with Gasteiger partial charge in [0.05, 0.1) is 18.0 Å². The fourth-order valence-corrected chi connectivity index (χ4v) is 2.97. The minimum absolute atomic E-state index is 0.0447. The Kier molecular flexibility index (Phi) is 4.04. The summed E-state index contributed by atoms with van der Waals surface area (Å²) in [7, 11) is 0. The number of esters is 1. The molecule has 0 radical (unpaired) electrons. The summed E-state index contributed by atoms with van der Waals surface area (Å²) in [6, 6.07) is 10.2. The van der Waals surface area contributed by atoms with E-state index in [2.05, 4.69) is 22.0 Å². The van der Waals surface area contributed by atoms with Gasteiger partial charge >= 0.3 is 5.97 Å². The van der Waals surface area contributed by atoms with Gasteiger partial charge < -0.3 is 9.64 Å². The Hall–Kier alpha value is -2.10. The fourth-order valence-electron chi connectivity index (χ4n) is 2.97. The van der Waals surface area contributed by atoms with Gasteiger partial charge in [-0.05, 0) is 31.9 Å². The molecule has 1 aromatic carbocycles. The third kappa shape index (κ3) is 2.84. The molecule has 1 aliphatic rings. The molecule has 0 aliphatic carbocycles. The van der Waals surface area contributed by atoms with Gasteiger partial charge in [-0.1, -0.05) is 18.2 Å². The zero-order valence-electron chi connectivity index (χ0n) is 12.3. The number of rotatable bonds is 3. The van der Waals surface area contributed by atoms with Crippen LogP contribution in [0.5, 0.6) is 0 Å². The van der Waals surface area contributed by atoms with Crippen LogP contribution < -0.4 is 4.90 Å². The van der Waals surface area contributed by atoms with Crippen molar-refractivity contribution in [1.29, 1.82) is 0 Å².